The molecular weight excluding hydrogens is 458 g/mol. The zero-order valence-corrected chi connectivity index (χ0v) is 20.2. The van der Waals surface area contributed by atoms with Crippen LogP contribution >= 0.6 is 11.6 Å². The van der Waals surface area contributed by atoms with Gasteiger partial charge in [0.1, 0.15) is 17.4 Å². The molecule has 1 N–H and O–H groups in total. The average Bonchev–Trinajstić information content (AvgIpc) is 2.79. The van der Waals surface area contributed by atoms with Gasteiger partial charge in [-0.3, -0.25) is 14.6 Å². The Morgan fingerprint density at radius 3 is 2.65 bits per heavy atom. The first kappa shape index (κ1) is 25.8. The van der Waals surface area contributed by atoms with Crippen LogP contribution in [0.3, 0.4) is 0 Å². The predicted octanol–water partition coefficient (Wildman–Crippen LogP) is 6.57. The highest BCUT2D eigenvalue weighted by Gasteiger charge is 2.31. The molecule has 1 heterocycles. The molecule has 3 rings (SSSR count). The highest BCUT2D eigenvalue weighted by molar-refractivity contribution is 6.31. The van der Waals surface area contributed by atoms with Gasteiger partial charge < -0.3 is 5.32 Å². The van der Waals surface area contributed by atoms with Crippen LogP contribution < -0.4 is 5.32 Å². The molecule has 1 aromatic heterocycles. The minimum Gasteiger partial charge on any atom is -0.351 e. The van der Waals surface area contributed by atoms with E-state index in [-0.39, 0.29) is 35.5 Å². The lowest BCUT2D eigenvalue weighted by Gasteiger charge is -2.28. The first-order chi connectivity index (χ1) is 16.2. The fourth-order valence-electron chi connectivity index (χ4n) is 4.20. The van der Waals surface area contributed by atoms with Crippen molar-refractivity contribution in [3.8, 4) is 0 Å². The summed E-state index contributed by atoms with van der Waals surface area (Å²) < 4.78 is 27.1. The monoisotopic (exact) mass is 486 g/mol. The maximum atomic E-state index is 13.7. The Labute approximate surface area is 203 Å². The number of nitrogens with one attached hydrogen (secondary N) is 1. The van der Waals surface area contributed by atoms with E-state index in [2.05, 4.69) is 10.3 Å². The van der Waals surface area contributed by atoms with E-state index in [4.69, 9.17) is 11.6 Å². The number of Topliss-reactive ketones (excluding diaryl/α,β-unsaturated/α-hetero) is 1. The van der Waals surface area contributed by atoms with E-state index in [0.717, 1.165) is 11.8 Å². The molecule has 0 aliphatic carbocycles. The summed E-state index contributed by atoms with van der Waals surface area (Å²) in [5.41, 5.74) is 0.476. The number of benzene rings is 2. The summed E-state index contributed by atoms with van der Waals surface area (Å²) in [5, 5.41) is 4.42. The number of amides is 1. The van der Waals surface area contributed by atoms with Crippen LogP contribution in [0, 0.1) is 17.0 Å². The van der Waals surface area contributed by atoms with Crippen LogP contribution in [0.2, 0.25) is 5.02 Å². The van der Waals surface area contributed by atoms with E-state index in [0.29, 0.717) is 42.3 Å². The van der Waals surface area contributed by atoms with Crippen molar-refractivity contribution in [1.82, 2.24) is 10.3 Å². The number of ketones is 1. The Morgan fingerprint density at radius 2 is 1.88 bits per heavy atom. The topological polar surface area (TPSA) is 59.1 Å². The Kier molecular flexibility index (Phi) is 8.72. The van der Waals surface area contributed by atoms with Gasteiger partial charge in [-0.05, 0) is 60.5 Å². The third-order valence-corrected chi connectivity index (χ3v) is 6.55. The molecular formula is C27H29ClF2N2O2. The maximum absolute atomic E-state index is 13.7. The van der Waals surface area contributed by atoms with Gasteiger partial charge in [0.15, 0.2) is 0 Å². The first-order valence-electron chi connectivity index (χ1n) is 11.5. The van der Waals surface area contributed by atoms with E-state index < -0.39 is 11.2 Å². The van der Waals surface area contributed by atoms with Crippen LogP contribution in [0.15, 0.2) is 48.7 Å². The van der Waals surface area contributed by atoms with E-state index in [1.807, 2.05) is 13.8 Å². The number of hydrogen-bond donors (Lipinski definition) is 1. The number of pyridine rings is 1. The minimum atomic E-state index is -0.645. The molecule has 180 valence electrons. The van der Waals surface area contributed by atoms with E-state index in [9.17, 15) is 18.4 Å². The Balaban J connectivity index is 1.55. The van der Waals surface area contributed by atoms with Crippen molar-refractivity contribution >= 4 is 34.1 Å². The Morgan fingerprint density at radius 1 is 1.09 bits per heavy atom. The molecule has 0 radical (unpaired) electrons. The van der Waals surface area contributed by atoms with Gasteiger partial charge in [0, 0.05) is 42.1 Å². The number of nitrogens with zero attached hydrogens (tertiary/aromatic N) is 1. The molecule has 0 bridgehead atoms. The molecule has 1 atom stereocenters. The van der Waals surface area contributed by atoms with Gasteiger partial charge in [-0.25, -0.2) is 8.78 Å². The summed E-state index contributed by atoms with van der Waals surface area (Å²) in [7, 11) is 0. The van der Waals surface area contributed by atoms with Gasteiger partial charge in [0.05, 0.1) is 5.02 Å². The van der Waals surface area contributed by atoms with Crippen molar-refractivity contribution in [1.29, 1.82) is 0 Å². The van der Waals surface area contributed by atoms with Gasteiger partial charge in [0.2, 0.25) is 5.91 Å². The lowest BCUT2D eigenvalue weighted by Crippen LogP contribution is -2.38. The highest BCUT2D eigenvalue weighted by atomic mass is 35.5. The molecule has 1 amide bonds. The van der Waals surface area contributed by atoms with Crippen LogP contribution in [-0.4, -0.2) is 16.7 Å². The first-order valence-corrected chi connectivity index (χ1v) is 11.9. The lowest BCUT2D eigenvalue weighted by atomic mass is 9.79. The number of hydrogen-bond acceptors (Lipinski definition) is 3. The fourth-order valence-corrected chi connectivity index (χ4v) is 4.39. The summed E-state index contributed by atoms with van der Waals surface area (Å²) in [6, 6.07) is 10.7. The highest BCUT2D eigenvalue weighted by Crippen LogP contribution is 2.31. The molecule has 2 aromatic carbocycles. The van der Waals surface area contributed by atoms with Crippen molar-refractivity contribution in [2.45, 2.75) is 58.9 Å². The fraction of sp³-hybridized carbons (Fsp3) is 0.370. The van der Waals surface area contributed by atoms with E-state index in [1.54, 1.807) is 30.5 Å². The molecule has 0 fully saturated rings. The summed E-state index contributed by atoms with van der Waals surface area (Å²) in [6.45, 7) is 4.04. The minimum absolute atomic E-state index is 0.00984. The van der Waals surface area contributed by atoms with Crippen LogP contribution in [-0.2, 0) is 22.6 Å². The number of aromatic nitrogens is 1. The van der Waals surface area contributed by atoms with Gasteiger partial charge in [0.25, 0.3) is 0 Å². The molecule has 0 aliphatic rings. The third-order valence-electron chi connectivity index (χ3n) is 6.12. The predicted molar refractivity (Wildman–Crippen MR) is 131 cm³/mol. The number of carbonyl (C=O) groups excluding carboxylic acids is 2. The van der Waals surface area contributed by atoms with Crippen LogP contribution in [0.25, 0.3) is 10.8 Å². The van der Waals surface area contributed by atoms with Crippen LogP contribution in [0.5, 0.6) is 0 Å². The second kappa shape index (κ2) is 11.5. The molecule has 0 spiro atoms. The molecule has 0 saturated carbocycles. The standard InChI is InChI=1S/C27H29ClF2N2O2/c1-3-11-27(2,26(34)32-17-19-6-4-8-24(30)25(19)28)12-5-7-23(33)15-22-14-20-13-21(29)10-9-18(20)16-31-22/h4,6,8-10,13-14,16H,3,5,7,11-12,15,17H2,1-2H3,(H,32,34). The van der Waals surface area contributed by atoms with Crippen molar-refractivity contribution < 1.29 is 18.4 Å². The summed E-state index contributed by atoms with van der Waals surface area (Å²) in [6.07, 6.45) is 4.73. The number of halogens is 3. The Hall–Kier alpha value is -2.86. The maximum Gasteiger partial charge on any atom is 0.226 e. The summed E-state index contributed by atoms with van der Waals surface area (Å²) in [5.74, 6) is -0.965. The van der Waals surface area contributed by atoms with Crippen molar-refractivity contribution in [3.63, 3.8) is 0 Å². The number of fused-ring (bicyclic) bond motifs is 1. The zero-order valence-electron chi connectivity index (χ0n) is 19.5. The van der Waals surface area contributed by atoms with Crippen LogP contribution in [0.4, 0.5) is 8.78 Å². The molecule has 1 unspecified atom stereocenters. The van der Waals surface area contributed by atoms with Gasteiger partial charge in [-0.15, -0.1) is 0 Å². The van der Waals surface area contributed by atoms with Crippen LogP contribution in [0.1, 0.15) is 57.2 Å². The van der Waals surface area contributed by atoms with Gasteiger partial charge in [-0.2, -0.15) is 0 Å². The molecule has 0 saturated heterocycles. The molecule has 4 nitrogen and oxygen atoms in total. The normalized spacial score (nSPS) is 13.0. The SMILES string of the molecule is CCCC(C)(CCCC(=O)Cc1cc2cc(F)ccc2cn1)C(=O)NCc1cccc(F)c1Cl. The largest absolute Gasteiger partial charge is 0.351 e. The second-order valence-electron chi connectivity index (χ2n) is 8.94. The average molecular weight is 487 g/mol. The van der Waals surface area contributed by atoms with E-state index in [1.165, 1.54) is 18.2 Å². The van der Waals surface area contributed by atoms with Crippen molar-refractivity contribution in [3.05, 3.63) is 76.6 Å². The molecule has 34 heavy (non-hydrogen) atoms. The van der Waals surface area contributed by atoms with Gasteiger partial charge in [-0.1, -0.05) is 44.0 Å². The molecule has 0 aliphatic heterocycles. The number of carbonyl (C=O) groups is 2. The molecule has 7 heteroatoms. The number of rotatable bonds is 11. The Bertz CT molecular complexity index is 1180. The zero-order chi connectivity index (χ0) is 24.7. The summed E-state index contributed by atoms with van der Waals surface area (Å²) >= 11 is 5.99. The third kappa shape index (κ3) is 6.60. The second-order valence-corrected chi connectivity index (χ2v) is 9.32. The van der Waals surface area contributed by atoms with E-state index >= 15 is 0 Å². The smallest absolute Gasteiger partial charge is 0.226 e. The lowest BCUT2D eigenvalue weighted by molar-refractivity contribution is -0.131. The quantitative estimate of drug-likeness (QED) is 0.333. The van der Waals surface area contributed by atoms with Crippen molar-refractivity contribution in [2.24, 2.45) is 5.41 Å². The van der Waals surface area contributed by atoms with Gasteiger partial charge >= 0.3 is 0 Å². The van der Waals surface area contributed by atoms with Crippen molar-refractivity contribution in [2.75, 3.05) is 0 Å². The summed E-state index contributed by atoms with van der Waals surface area (Å²) in [4.78, 5) is 29.8. The molecule has 3 aromatic rings.